The number of methoxy groups -OCH3 is 2. The highest BCUT2D eigenvalue weighted by atomic mass is 16.5. The van der Waals surface area contributed by atoms with Crippen molar-refractivity contribution in [2.24, 2.45) is 5.73 Å². The number of rotatable bonds is 6. The van der Waals surface area contributed by atoms with Gasteiger partial charge in [0.05, 0.1) is 19.9 Å². The monoisotopic (exact) mass is 268 g/mol. The lowest BCUT2D eigenvalue weighted by Crippen LogP contribution is -2.41. The quantitative estimate of drug-likeness (QED) is 0.796. The van der Waals surface area contributed by atoms with Gasteiger partial charge in [-0.1, -0.05) is 0 Å². The lowest BCUT2D eigenvalue weighted by Gasteiger charge is -2.24. The molecule has 19 heavy (non-hydrogen) atoms. The number of aryl methyl sites for hydroxylation is 1. The molecule has 0 aliphatic rings. The highest BCUT2D eigenvalue weighted by molar-refractivity contribution is 5.74. The predicted molar refractivity (Wildman–Crippen MR) is 73.2 cm³/mol. The van der Waals surface area contributed by atoms with Gasteiger partial charge in [0, 0.05) is 19.7 Å². The van der Waals surface area contributed by atoms with E-state index in [0.717, 1.165) is 11.3 Å². The third-order valence-corrected chi connectivity index (χ3v) is 2.90. The van der Waals surface area contributed by atoms with Crippen LogP contribution >= 0.6 is 0 Å². The molecule has 0 aromatic heterocycles. The van der Waals surface area contributed by atoms with E-state index in [1.807, 2.05) is 19.1 Å². The minimum atomic E-state index is -1.04. The standard InChI is InChI=1S/C13H20N2O4/c1-8-5-12(19-4)10(6-11(8)18-3)15(2)7-9(14)13(16)17/h5-6,9H,7,14H2,1-4H3,(H,16,17). The molecular formula is C13H20N2O4. The maximum Gasteiger partial charge on any atom is 0.322 e. The Kier molecular flexibility index (Phi) is 5.00. The molecule has 1 aromatic carbocycles. The van der Waals surface area contributed by atoms with Crippen molar-refractivity contribution in [3.8, 4) is 11.5 Å². The molecule has 1 unspecified atom stereocenters. The molecule has 0 saturated heterocycles. The van der Waals surface area contributed by atoms with Crippen molar-refractivity contribution in [2.45, 2.75) is 13.0 Å². The fourth-order valence-corrected chi connectivity index (χ4v) is 1.80. The number of aliphatic carboxylic acids is 1. The molecule has 1 rings (SSSR count). The van der Waals surface area contributed by atoms with E-state index in [0.29, 0.717) is 11.5 Å². The number of anilines is 1. The number of hydrogen-bond acceptors (Lipinski definition) is 5. The van der Waals surface area contributed by atoms with Gasteiger partial charge in [0.15, 0.2) is 0 Å². The van der Waals surface area contributed by atoms with E-state index in [4.69, 9.17) is 20.3 Å². The summed E-state index contributed by atoms with van der Waals surface area (Å²) >= 11 is 0. The van der Waals surface area contributed by atoms with Gasteiger partial charge in [0.25, 0.3) is 0 Å². The second-order valence-electron chi connectivity index (χ2n) is 4.32. The number of nitrogens with two attached hydrogens (primary N) is 1. The van der Waals surface area contributed by atoms with Crippen molar-refractivity contribution in [1.82, 2.24) is 0 Å². The topological polar surface area (TPSA) is 85.0 Å². The Morgan fingerprint density at radius 3 is 2.42 bits per heavy atom. The fourth-order valence-electron chi connectivity index (χ4n) is 1.80. The van der Waals surface area contributed by atoms with Crippen molar-refractivity contribution in [3.63, 3.8) is 0 Å². The molecule has 0 amide bonds. The lowest BCUT2D eigenvalue weighted by atomic mass is 10.1. The first-order valence-electron chi connectivity index (χ1n) is 5.82. The second-order valence-corrected chi connectivity index (χ2v) is 4.32. The molecule has 6 nitrogen and oxygen atoms in total. The predicted octanol–water partition coefficient (Wildman–Crippen LogP) is 0.860. The van der Waals surface area contributed by atoms with Crippen LogP contribution in [0.25, 0.3) is 0 Å². The zero-order chi connectivity index (χ0) is 14.6. The molecule has 0 radical (unpaired) electrons. The number of hydrogen-bond donors (Lipinski definition) is 2. The minimum absolute atomic E-state index is 0.178. The Bertz CT molecular complexity index is 462. The van der Waals surface area contributed by atoms with Crippen molar-refractivity contribution in [2.75, 3.05) is 32.7 Å². The number of carboxylic acids is 1. The Morgan fingerprint density at radius 1 is 1.37 bits per heavy atom. The van der Waals surface area contributed by atoms with E-state index in [-0.39, 0.29) is 6.54 Å². The zero-order valence-electron chi connectivity index (χ0n) is 11.6. The van der Waals surface area contributed by atoms with Crippen LogP contribution in [0.4, 0.5) is 5.69 Å². The summed E-state index contributed by atoms with van der Waals surface area (Å²) in [6.07, 6.45) is 0. The summed E-state index contributed by atoms with van der Waals surface area (Å²) in [5, 5.41) is 8.84. The number of carbonyl (C=O) groups is 1. The summed E-state index contributed by atoms with van der Waals surface area (Å²) in [5.74, 6) is 0.329. The van der Waals surface area contributed by atoms with E-state index in [1.54, 1.807) is 26.2 Å². The lowest BCUT2D eigenvalue weighted by molar-refractivity contribution is -0.138. The molecule has 0 aliphatic carbocycles. The first-order valence-corrected chi connectivity index (χ1v) is 5.82. The summed E-state index contributed by atoms with van der Waals surface area (Å²) < 4.78 is 10.6. The van der Waals surface area contributed by atoms with E-state index in [9.17, 15) is 4.79 Å². The molecule has 3 N–H and O–H groups in total. The molecule has 0 heterocycles. The van der Waals surface area contributed by atoms with Gasteiger partial charge in [-0.3, -0.25) is 4.79 Å². The average Bonchev–Trinajstić information content (AvgIpc) is 2.37. The fraction of sp³-hybridized carbons (Fsp3) is 0.462. The van der Waals surface area contributed by atoms with Crippen LogP contribution in [0.1, 0.15) is 5.56 Å². The summed E-state index contributed by atoms with van der Waals surface area (Å²) in [6, 6.07) is 2.70. The third-order valence-electron chi connectivity index (χ3n) is 2.90. The van der Waals surface area contributed by atoms with Gasteiger partial charge in [-0.2, -0.15) is 0 Å². The third kappa shape index (κ3) is 3.51. The van der Waals surface area contributed by atoms with Gasteiger partial charge in [0.1, 0.15) is 17.5 Å². The van der Waals surface area contributed by atoms with Crippen LogP contribution in [0.2, 0.25) is 0 Å². The Balaban J connectivity index is 3.06. The van der Waals surface area contributed by atoms with Gasteiger partial charge in [-0.05, 0) is 18.6 Å². The number of benzene rings is 1. The SMILES string of the molecule is COc1cc(N(C)CC(N)C(=O)O)c(OC)cc1C. The molecule has 106 valence electrons. The van der Waals surface area contributed by atoms with Crippen LogP contribution in [-0.4, -0.2) is 44.9 Å². The van der Waals surface area contributed by atoms with Crippen LogP contribution in [-0.2, 0) is 4.79 Å². The van der Waals surface area contributed by atoms with Crippen molar-refractivity contribution in [1.29, 1.82) is 0 Å². The Labute approximate surface area is 112 Å². The van der Waals surface area contributed by atoms with Crippen molar-refractivity contribution < 1.29 is 19.4 Å². The molecule has 1 aromatic rings. The molecule has 0 saturated carbocycles. The van der Waals surface area contributed by atoms with E-state index in [2.05, 4.69) is 0 Å². The maximum absolute atomic E-state index is 10.8. The van der Waals surface area contributed by atoms with Crippen LogP contribution in [0.5, 0.6) is 11.5 Å². The summed E-state index contributed by atoms with van der Waals surface area (Å²) in [4.78, 5) is 12.5. The number of nitrogens with zero attached hydrogens (tertiary/aromatic N) is 1. The van der Waals surface area contributed by atoms with Crippen LogP contribution < -0.4 is 20.1 Å². The maximum atomic E-state index is 10.8. The minimum Gasteiger partial charge on any atom is -0.496 e. The summed E-state index contributed by atoms with van der Waals surface area (Å²) in [5.41, 5.74) is 7.21. The highest BCUT2D eigenvalue weighted by Crippen LogP contribution is 2.34. The molecule has 1 atom stereocenters. The van der Waals surface area contributed by atoms with E-state index in [1.165, 1.54) is 0 Å². The summed E-state index contributed by atoms with van der Waals surface area (Å²) in [7, 11) is 4.91. The van der Waals surface area contributed by atoms with Gasteiger partial charge in [-0.25, -0.2) is 0 Å². The van der Waals surface area contributed by atoms with Crippen molar-refractivity contribution in [3.05, 3.63) is 17.7 Å². The smallest absolute Gasteiger partial charge is 0.322 e. The molecule has 6 heteroatoms. The van der Waals surface area contributed by atoms with Crippen LogP contribution in [0, 0.1) is 6.92 Å². The second kappa shape index (κ2) is 6.29. The summed E-state index contributed by atoms with van der Waals surface area (Å²) in [6.45, 7) is 2.09. The number of carboxylic acid groups (broad SMARTS) is 1. The zero-order valence-corrected chi connectivity index (χ0v) is 11.6. The van der Waals surface area contributed by atoms with Crippen molar-refractivity contribution >= 4 is 11.7 Å². The molecule has 0 bridgehead atoms. The normalized spacial score (nSPS) is 11.8. The van der Waals surface area contributed by atoms with Crippen LogP contribution in [0.3, 0.4) is 0 Å². The molecular weight excluding hydrogens is 248 g/mol. The van der Waals surface area contributed by atoms with Gasteiger partial charge in [-0.15, -0.1) is 0 Å². The Morgan fingerprint density at radius 2 is 1.95 bits per heavy atom. The number of likely N-dealkylation sites (N-methyl/N-ethyl adjacent to an activating group) is 1. The molecule has 0 spiro atoms. The number of ether oxygens (including phenoxy) is 2. The van der Waals surface area contributed by atoms with Gasteiger partial charge >= 0.3 is 5.97 Å². The molecule has 0 fully saturated rings. The van der Waals surface area contributed by atoms with Crippen LogP contribution in [0.15, 0.2) is 12.1 Å². The Hall–Kier alpha value is -1.95. The first-order chi connectivity index (χ1) is 8.90. The van der Waals surface area contributed by atoms with Gasteiger partial charge < -0.3 is 25.2 Å². The first kappa shape index (κ1) is 15.1. The largest absolute Gasteiger partial charge is 0.496 e. The van der Waals surface area contributed by atoms with E-state index >= 15 is 0 Å². The average molecular weight is 268 g/mol. The van der Waals surface area contributed by atoms with Gasteiger partial charge in [0.2, 0.25) is 0 Å². The molecule has 0 aliphatic heterocycles. The highest BCUT2D eigenvalue weighted by Gasteiger charge is 2.18. The van der Waals surface area contributed by atoms with E-state index < -0.39 is 12.0 Å².